The van der Waals surface area contributed by atoms with Gasteiger partial charge >= 0.3 is 12.4 Å². The molecule has 0 N–H and O–H groups in total. The minimum atomic E-state index is -5.07. The van der Waals surface area contributed by atoms with Gasteiger partial charge in [0.1, 0.15) is 16.7 Å². The average molecular weight is 725 g/mol. The van der Waals surface area contributed by atoms with E-state index in [-0.39, 0.29) is 39.8 Å². The number of hydrogen-bond donors (Lipinski definition) is 0. The van der Waals surface area contributed by atoms with E-state index in [0.717, 1.165) is 29.0 Å². The van der Waals surface area contributed by atoms with Gasteiger partial charge in [-0.15, -0.1) is 0 Å². The van der Waals surface area contributed by atoms with Crippen molar-refractivity contribution in [2.45, 2.75) is 39.0 Å². The molecule has 1 aliphatic heterocycles. The predicted molar refractivity (Wildman–Crippen MR) is 183 cm³/mol. The summed E-state index contributed by atoms with van der Waals surface area (Å²) in [5, 5.41) is 0.573. The van der Waals surface area contributed by atoms with Crippen LogP contribution in [0.25, 0.3) is 17.0 Å². The number of ether oxygens (including phenoxy) is 1. The Morgan fingerprint density at radius 2 is 1.56 bits per heavy atom. The summed E-state index contributed by atoms with van der Waals surface area (Å²) in [5.41, 5.74) is -0.241. The number of rotatable bonds is 9. The molecule has 0 aliphatic carbocycles. The van der Waals surface area contributed by atoms with E-state index in [9.17, 15) is 35.9 Å². The van der Waals surface area contributed by atoms with Gasteiger partial charge < -0.3 is 9.30 Å². The second-order valence-corrected chi connectivity index (χ2v) is 13.2. The zero-order chi connectivity index (χ0) is 35.8. The molecule has 0 bridgehead atoms. The minimum absolute atomic E-state index is 0.103. The van der Waals surface area contributed by atoms with Crippen molar-refractivity contribution in [2.75, 3.05) is 0 Å². The third-order valence-corrected chi connectivity index (χ3v) is 9.46. The zero-order valence-electron chi connectivity index (χ0n) is 26.1. The van der Waals surface area contributed by atoms with E-state index in [1.54, 1.807) is 48.5 Å². The summed E-state index contributed by atoms with van der Waals surface area (Å²) >= 11 is 6.52. The van der Waals surface area contributed by atoms with Crippen molar-refractivity contribution in [1.29, 1.82) is 0 Å². The van der Waals surface area contributed by atoms with Crippen LogP contribution in [0.5, 0.6) is 5.75 Å². The van der Waals surface area contributed by atoms with Gasteiger partial charge in [-0.3, -0.25) is 14.5 Å². The van der Waals surface area contributed by atoms with Crippen LogP contribution in [0.3, 0.4) is 0 Å². The Balaban J connectivity index is 1.38. The number of alkyl halides is 6. The molecule has 256 valence electrons. The number of Topliss-reactive ketones (excluding diaryl/α,β-unsaturated/α-hetero) is 1. The highest BCUT2D eigenvalue weighted by Gasteiger charge is 2.38. The molecule has 1 fully saturated rings. The first-order chi connectivity index (χ1) is 23.7. The molecule has 0 spiro atoms. The van der Waals surface area contributed by atoms with Gasteiger partial charge in [0.25, 0.3) is 5.91 Å². The third kappa shape index (κ3) is 7.63. The highest BCUT2D eigenvalue weighted by molar-refractivity contribution is 8.26. The average Bonchev–Trinajstić information content (AvgIpc) is 3.54. The lowest BCUT2D eigenvalue weighted by molar-refractivity contribution is -0.143. The molecule has 1 saturated heterocycles. The number of fused-ring (bicyclic) bond motifs is 1. The molecule has 2 heterocycles. The van der Waals surface area contributed by atoms with Gasteiger partial charge in [-0.25, -0.2) is 0 Å². The van der Waals surface area contributed by atoms with E-state index in [4.69, 9.17) is 17.0 Å². The number of benzene rings is 4. The summed E-state index contributed by atoms with van der Waals surface area (Å²) in [6, 6.07) is 24.4. The van der Waals surface area contributed by atoms with Crippen LogP contribution in [0.4, 0.5) is 26.3 Å². The van der Waals surface area contributed by atoms with Crippen LogP contribution in [-0.2, 0) is 36.8 Å². The van der Waals surface area contributed by atoms with Crippen molar-refractivity contribution >= 4 is 57.0 Å². The maximum absolute atomic E-state index is 14.2. The van der Waals surface area contributed by atoms with Crippen molar-refractivity contribution in [2.24, 2.45) is 0 Å². The molecule has 1 aliphatic rings. The smallest absolute Gasteiger partial charge is 0.416 e. The van der Waals surface area contributed by atoms with Gasteiger partial charge in [-0.2, -0.15) is 26.3 Å². The van der Waals surface area contributed by atoms with Gasteiger partial charge in [-0.1, -0.05) is 84.6 Å². The topological polar surface area (TPSA) is 51.5 Å². The highest BCUT2D eigenvalue weighted by atomic mass is 32.2. The summed E-state index contributed by atoms with van der Waals surface area (Å²) in [4.78, 5) is 26.8. The Labute approximate surface area is 292 Å². The Hall–Kier alpha value is -4.88. The monoisotopic (exact) mass is 724 g/mol. The lowest BCUT2D eigenvalue weighted by atomic mass is 10.0. The maximum Gasteiger partial charge on any atom is 0.416 e. The Bertz CT molecular complexity index is 2140. The molecule has 5 aromatic rings. The van der Waals surface area contributed by atoms with Crippen molar-refractivity contribution in [3.63, 3.8) is 0 Å². The number of hydrogen-bond acceptors (Lipinski definition) is 5. The quantitative estimate of drug-likeness (QED) is 0.0656. The van der Waals surface area contributed by atoms with E-state index in [1.165, 1.54) is 22.5 Å². The Morgan fingerprint density at radius 3 is 2.22 bits per heavy atom. The first-order valence-electron chi connectivity index (χ1n) is 15.1. The van der Waals surface area contributed by atoms with Gasteiger partial charge in [0.05, 0.1) is 22.6 Å². The largest absolute Gasteiger partial charge is 0.489 e. The normalized spacial score (nSPS) is 14.6. The number of aromatic nitrogens is 1. The van der Waals surface area contributed by atoms with Crippen molar-refractivity contribution in [1.82, 2.24) is 9.47 Å². The second-order valence-electron chi connectivity index (χ2n) is 11.5. The van der Waals surface area contributed by atoms with Crippen LogP contribution in [0.2, 0.25) is 0 Å². The van der Waals surface area contributed by atoms with E-state index in [2.05, 4.69) is 0 Å². The maximum atomic E-state index is 14.2. The molecule has 0 radical (unpaired) electrons. The van der Waals surface area contributed by atoms with Gasteiger partial charge in [-0.05, 0) is 66.1 Å². The van der Waals surface area contributed by atoms with Crippen LogP contribution < -0.4 is 4.74 Å². The highest BCUT2D eigenvalue weighted by Crippen LogP contribution is 2.39. The van der Waals surface area contributed by atoms with Crippen molar-refractivity contribution in [3.05, 3.63) is 141 Å². The van der Waals surface area contributed by atoms with Crippen LogP contribution in [0.15, 0.2) is 102 Å². The van der Waals surface area contributed by atoms with Crippen LogP contribution in [-0.4, -0.2) is 25.5 Å². The lowest BCUT2D eigenvalue weighted by Gasteiger charge is -2.18. The Morgan fingerprint density at radius 1 is 0.840 bits per heavy atom. The van der Waals surface area contributed by atoms with E-state index in [0.29, 0.717) is 34.0 Å². The molecule has 0 atom stereocenters. The summed E-state index contributed by atoms with van der Waals surface area (Å²) in [6.45, 7) is 1.39. The van der Waals surface area contributed by atoms with E-state index >= 15 is 0 Å². The molecule has 50 heavy (non-hydrogen) atoms. The minimum Gasteiger partial charge on any atom is -0.489 e. The number of carbonyl (C=O) groups is 2. The zero-order valence-corrected chi connectivity index (χ0v) is 27.8. The van der Waals surface area contributed by atoms with Gasteiger partial charge in [0, 0.05) is 28.7 Å². The third-order valence-electron chi connectivity index (χ3n) is 8.08. The number of amides is 1. The number of nitrogens with zero attached hydrogens (tertiary/aromatic N) is 2. The molecule has 1 amide bonds. The standard InChI is InChI=1S/C37H26F6N2O3S2/c1-22(46)25-9-7-23(8-10-25)19-45-34(47)33(50-35(45)49)18-29-15-27-16-30(48-21-24-5-3-2-4-6-24)13-14-32(27)44(29)20-26-11-12-28(36(38,39)40)17-31(26)37(41,42)43/h2-18H,19-21H2,1H3/b33-18+. The molecule has 1 aromatic heterocycles. The fourth-order valence-corrected chi connectivity index (χ4v) is 6.76. The summed E-state index contributed by atoms with van der Waals surface area (Å²) in [6.07, 6.45) is -8.52. The summed E-state index contributed by atoms with van der Waals surface area (Å²) in [5.74, 6) is -0.0449. The van der Waals surface area contributed by atoms with Gasteiger partial charge in [0.2, 0.25) is 0 Å². The SMILES string of the molecule is CC(=O)c1ccc(CN2C(=O)/C(=C\c3cc4cc(OCc5ccccc5)ccc4n3Cc3ccc(C(F)(F)F)cc3C(F)(F)F)SC2=S)cc1. The lowest BCUT2D eigenvalue weighted by Crippen LogP contribution is -2.27. The second kappa shape index (κ2) is 13.8. The predicted octanol–water partition coefficient (Wildman–Crippen LogP) is 9.91. The van der Waals surface area contributed by atoms with E-state index < -0.39 is 35.9 Å². The first-order valence-corrected chi connectivity index (χ1v) is 16.3. The molecular weight excluding hydrogens is 699 g/mol. The molecule has 6 rings (SSSR count). The fraction of sp³-hybridized carbons (Fsp3) is 0.162. The fourth-order valence-electron chi connectivity index (χ4n) is 5.52. The molecule has 13 heteroatoms. The van der Waals surface area contributed by atoms with Crippen molar-refractivity contribution < 1.29 is 40.7 Å². The molecule has 5 nitrogen and oxygen atoms in total. The van der Waals surface area contributed by atoms with E-state index in [1.807, 2.05) is 30.3 Å². The molecule has 4 aromatic carbocycles. The molecular formula is C37H26F6N2O3S2. The van der Waals surface area contributed by atoms with Crippen LogP contribution in [0.1, 0.15) is 50.8 Å². The first kappa shape index (κ1) is 35.0. The number of thiocarbonyl (C=S) groups is 1. The van der Waals surface area contributed by atoms with Crippen LogP contribution >= 0.6 is 24.0 Å². The number of halogens is 6. The molecule has 0 unspecified atom stereocenters. The number of thioether (sulfide) groups is 1. The number of carbonyl (C=O) groups excluding carboxylic acids is 2. The van der Waals surface area contributed by atoms with Crippen LogP contribution in [0, 0.1) is 0 Å². The van der Waals surface area contributed by atoms with Crippen molar-refractivity contribution in [3.8, 4) is 5.75 Å². The summed E-state index contributed by atoms with van der Waals surface area (Å²) in [7, 11) is 0. The summed E-state index contributed by atoms with van der Waals surface area (Å²) < 4.78 is 90.4. The van der Waals surface area contributed by atoms with Gasteiger partial charge in [0.15, 0.2) is 5.78 Å². The number of ketones is 1. The Kier molecular flexibility index (Phi) is 9.65. The molecule has 0 saturated carbocycles.